The van der Waals surface area contributed by atoms with Crippen molar-refractivity contribution < 1.29 is 9.47 Å². The maximum absolute atomic E-state index is 13.2. The van der Waals surface area contributed by atoms with E-state index in [-0.39, 0.29) is 5.56 Å². The highest BCUT2D eigenvalue weighted by Gasteiger charge is 2.13. The van der Waals surface area contributed by atoms with Crippen LogP contribution in [0.3, 0.4) is 0 Å². The first-order chi connectivity index (χ1) is 15.1. The van der Waals surface area contributed by atoms with Gasteiger partial charge >= 0.3 is 0 Å². The Labute approximate surface area is 185 Å². The van der Waals surface area contributed by atoms with Gasteiger partial charge in [0.05, 0.1) is 24.6 Å². The van der Waals surface area contributed by atoms with Crippen LogP contribution < -0.4 is 15.0 Å². The minimum atomic E-state index is -0.0662. The van der Waals surface area contributed by atoms with E-state index in [4.69, 9.17) is 26.1 Å². The van der Waals surface area contributed by atoms with Crippen LogP contribution in [0.1, 0.15) is 12.0 Å². The van der Waals surface area contributed by atoms with Crippen molar-refractivity contribution in [2.24, 2.45) is 0 Å². The molecule has 6 heteroatoms. The highest BCUT2D eigenvalue weighted by Crippen LogP contribution is 2.28. The molecule has 0 atom stereocenters. The minimum absolute atomic E-state index is 0.0662. The Bertz CT molecular complexity index is 1270. The van der Waals surface area contributed by atoms with Crippen molar-refractivity contribution in [3.63, 3.8) is 0 Å². The van der Waals surface area contributed by atoms with E-state index >= 15 is 0 Å². The zero-order valence-electron chi connectivity index (χ0n) is 17.5. The van der Waals surface area contributed by atoms with Gasteiger partial charge in [-0.05, 0) is 67.4 Å². The van der Waals surface area contributed by atoms with Crippen molar-refractivity contribution in [3.05, 3.63) is 87.7 Å². The predicted octanol–water partition coefficient (Wildman–Crippen LogP) is 5.50. The van der Waals surface area contributed by atoms with E-state index < -0.39 is 0 Å². The molecular formula is C25H23ClN2O3. The third-order valence-corrected chi connectivity index (χ3v) is 5.32. The van der Waals surface area contributed by atoms with E-state index in [9.17, 15) is 4.79 Å². The Morgan fingerprint density at radius 3 is 2.55 bits per heavy atom. The molecule has 0 unspecified atom stereocenters. The molecule has 0 bridgehead atoms. The van der Waals surface area contributed by atoms with Crippen molar-refractivity contribution in [1.82, 2.24) is 9.55 Å². The molecule has 1 aromatic heterocycles. The van der Waals surface area contributed by atoms with Gasteiger partial charge in [-0.3, -0.25) is 9.36 Å². The van der Waals surface area contributed by atoms with Crippen LogP contribution in [0.4, 0.5) is 0 Å². The average Bonchev–Trinajstić information content (AvgIpc) is 2.79. The standard InChI is InChI=1S/C25H23ClN2O3/c1-17-8-13-22(23(16-17)30-2)31-15-5-14-28-24(18-9-11-19(26)12-10-18)27-21-7-4-3-6-20(21)25(28)29/h3-4,6-13,16H,5,14-15H2,1-2H3. The van der Waals surface area contributed by atoms with Crippen LogP contribution in [-0.4, -0.2) is 23.3 Å². The van der Waals surface area contributed by atoms with Gasteiger partial charge in [0.15, 0.2) is 11.5 Å². The van der Waals surface area contributed by atoms with Gasteiger partial charge in [-0.25, -0.2) is 4.98 Å². The average molecular weight is 435 g/mol. The SMILES string of the molecule is COc1cc(C)ccc1OCCCn1c(-c2ccc(Cl)cc2)nc2ccccc2c1=O. The summed E-state index contributed by atoms with van der Waals surface area (Å²) in [5, 5.41) is 1.24. The summed E-state index contributed by atoms with van der Waals surface area (Å²) in [5.74, 6) is 2.01. The monoisotopic (exact) mass is 434 g/mol. The molecule has 3 aromatic carbocycles. The number of halogens is 1. The summed E-state index contributed by atoms with van der Waals surface area (Å²) in [6.07, 6.45) is 0.636. The molecule has 0 saturated carbocycles. The fraction of sp³-hybridized carbons (Fsp3) is 0.200. The highest BCUT2D eigenvalue weighted by atomic mass is 35.5. The van der Waals surface area contributed by atoms with Gasteiger partial charge in [0.25, 0.3) is 5.56 Å². The molecule has 5 nitrogen and oxygen atoms in total. The smallest absolute Gasteiger partial charge is 0.261 e. The second-order valence-corrected chi connectivity index (χ2v) is 7.71. The van der Waals surface area contributed by atoms with Gasteiger partial charge in [-0.15, -0.1) is 0 Å². The van der Waals surface area contributed by atoms with Crippen molar-refractivity contribution >= 4 is 22.5 Å². The number of hydrogen-bond donors (Lipinski definition) is 0. The number of methoxy groups -OCH3 is 1. The number of hydrogen-bond acceptors (Lipinski definition) is 4. The van der Waals surface area contributed by atoms with E-state index in [1.807, 2.05) is 55.5 Å². The Morgan fingerprint density at radius 2 is 1.77 bits per heavy atom. The molecule has 0 saturated heterocycles. The fourth-order valence-electron chi connectivity index (χ4n) is 3.49. The number of para-hydroxylation sites is 1. The molecule has 0 radical (unpaired) electrons. The minimum Gasteiger partial charge on any atom is -0.493 e. The van der Waals surface area contributed by atoms with Crippen LogP contribution in [0, 0.1) is 6.92 Å². The van der Waals surface area contributed by atoms with Gasteiger partial charge in [0.1, 0.15) is 5.82 Å². The molecule has 0 aliphatic rings. The van der Waals surface area contributed by atoms with Crippen LogP contribution >= 0.6 is 11.6 Å². The van der Waals surface area contributed by atoms with E-state index in [2.05, 4.69) is 0 Å². The van der Waals surface area contributed by atoms with E-state index in [1.54, 1.807) is 29.9 Å². The number of aromatic nitrogens is 2. The topological polar surface area (TPSA) is 53.4 Å². The molecule has 158 valence electrons. The quantitative estimate of drug-likeness (QED) is 0.360. The summed E-state index contributed by atoms with van der Waals surface area (Å²) in [6.45, 7) is 2.92. The predicted molar refractivity (Wildman–Crippen MR) is 124 cm³/mol. The summed E-state index contributed by atoms with van der Waals surface area (Å²) in [5.41, 5.74) is 2.55. The van der Waals surface area contributed by atoms with Crippen molar-refractivity contribution in [1.29, 1.82) is 0 Å². The molecule has 0 aliphatic carbocycles. The van der Waals surface area contributed by atoms with Crippen molar-refractivity contribution in [3.8, 4) is 22.9 Å². The normalized spacial score (nSPS) is 10.9. The Hall–Kier alpha value is -3.31. The van der Waals surface area contributed by atoms with Crippen molar-refractivity contribution in [2.45, 2.75) is 19.9 Å². The second-order valence-electron chi connectivity index (χ2n) is 7.27. The lowest BCUT2D eigenvalue weighted by atomic mass is 10.1. The molecule has 1 heterocycles. The van der Waals surface area contributed by atoms with E-state index in [0.29, 0.717) is 52.8 Å². The number of rotatable bonds is 7. The lowest BCUT2D eigenvalue weighted by molar-refractivity contribution is 0.282. The van der Waals surface area contributed by atoms with Crippen molar-refractivity contribution in [2.75, 3.05) is 13.7 Å². The third kappa shape index (κ3) is 4.57. The zero-order chi connectivity index (χ0) is 21.8. The number of benzene rings is 3. The summed E-state index contributed by atoms with van der Waals surface area (Å²) < 4.78 is 13.0. The zero-order valence-corrected chi connectivity index (χ0v) is 18.2. The highest BCUT2D eigenvalue weighted by molar-refractivity contribution is 6.30. The molecule has 0 N–H and O–H groups in total. The lowest BCUT2D eigenvalue weighted by Crippen LogP contribution is -2.24. The molecule has 0 fully saturated rings. The van der Waals surface area contributed by atoms with Gasteiger partial charge in [0, 0.05) is 17.1 Å². The Morgan fingerprint density at radius 1 is 1.00 bits per heavy atom. The maximum atomic E-state index is 13.2. The number of nitrogens with zero attached hydrogens (tertiary/aromatic N) is 2. The molecule has 4 aromatic rings. The Balaban J connectivity index is 1.60. The van der Waals surface area contributed by atoms with E-state index in [0.717, 1.165) is 11.1 Å². The van der Waals surface area contributed by atoms with Gasteiger partial charge < -0.3 is 9.47 Å². The van der Waals surface area contributed by atoms with Crippen LogP contribution in [0.25, 0.3) is 22.3 Å². The first kappa shape index (κ1) is 20.9. The lowest BCUT2D eigenvalue weighted by Gasteiger charge is -2.15. The van der Waals surface area contributed by atoms with E-state index in [1.165, 1.54) is 0 Å². The van der Waals surface area contributed by atoms with Gasteiger partial charge in [0.2, 0.25) is 0 Å². The molecular weight excluding hydrogens is 412 g/mol. The van der Waals surface area contributed by atoms with Gasteiger partial charge in [-0.2, -0.15) is 0 Å². The summed E-state index contributed by atoms with van der Waals surface area (Å²) >= 11 is 6.04. The summed E-state index contributed by atoms with van der Waals surface area (Å²) in [7, 11) is 1.63. The maximum Gasteiger partial charge on any atom is 0.261 e. The number of fused-ring (bicyclic) bond motifs is 1. The van der Waals surface area contributed by atoms with Crippen LogP contribution in [0.5, 0.6) is 11.5 Å². The molecule has 0 spiro atoms. The molecule has 0 aliphatic heterocycles. The fourth-order valence-corrected chi connectivity index (χ4v) is 3.62. The van der Waals surface area contributed by atoms with Crippen LogP contribution in [-0.2, 0) is 6.54 Å². The summed E-state index contributed by atoms with van der Waals surface area (Å²) in [4.78, 5) is 18.0. The largest absolute Gasteiger partial charge is 0.493 e. The van der Waals surface area contributed by atoms with Crippen LogP contribution in [0.2, 0.25) is 5.02 Å². The number of aryl methyl sites for hydroxylation is 1. The molecule has 31 heavy (non-hydrogen) atoms. The van der Waals surface area contributed by atoms with Gasteiger partial charge in [-0.1, -0.05) is 29.8 Å². The molecule has 4 rings (SSSR count). The number of ether oxygens (including phenoxy) is 2. The second kappa shape index (κ2) is 9.23. The third-order valence-electron chi connectivity index (χ3n) is 5.07. The van der Waals surface area contributed by atoms with Crippen LogP contribution in [0.15, 0.2) is 71.5 Å². The Kier molecular flexibility index (Phi) is 6.23. The molecule has 0 amide bonds. The summed E-state index contributed by atoms with van der Waals surface area (Å²) in [6, 6.07) is 20.6. The first-order valence-electron chi connectivity index (χ1n) is 10.1. The first-order valence-corrected chi connectivity index (χ1v) is 10.5.